The fourth-order valence-corrected chi connectivity index (χ4v) is 3.63. The highest BCUT2D eigenvalue weighted by Gasteiger charge is 2.31. The van der Waals surface area contributed by atoms with Gasteiger partial charge in [0.25, 0.3) is 0 Å². The second-order valence-corrected chi connectivity index (χ2v) is 6.70. The van der Waals surface area contributed by atoms with Crippen molar-refractivity contribution in [3.63, 3.8) is 0 Å². The Morgan fingerprint density at radius 1 is 1.26 bits per heavy atom. The van der Waals surface area contributed by atoms with E-state index in [1.807, 2.05) is 19.9 Å². The number of hydrogen-bond donors (Lipinski definition) is 1. The smallest absolute Gasteiger partial charge is 0.407 e. The normalized spacial score (nSPS) is 17.3. The molecular formula is C19H26N4O4. The van der Waals surface area contributed by atoms with Crippen LogP contribution in [0.2, 0.25) is 0 Å². The van der Waals surface area contributed by atoms with Crippen molar-refractivity contribution in [1.29, 1.82) is 0 Å². The molecule has 2 aromatic rings. The van der Waals surface area contributed by atoms with Gasteiger partial charge in [0.05, 0.1) is 31.6 Å². The van der Waals surface area contributed by atoms with Crippen molar-refractivity contribution >= 4 is 11.8 Å². The van der Waals surface area contributed by atoms with E-state index < -0.39 is 6.09 Å². The third-order valence-corrected chi connectivity index (χ3v) is 4.98. The predicted molar refractivity (Wildman–Crippen MR) is 102 cm³/mol. The molecule has 146 valence electrons. The lowest BCUT2D eigenvalue weighted by molar-refractivity contribution is 0.0736. The second kappa shape index (κ2) is 7.87. The summed E-state index contributed by atoms with van der Waals surface area (Å²) in [5.74, 6) is 1.51. The van der Waals surface area contributed by atoms with Gasteiger partial charge in [0, 0.05) is 44.2 Å². The highest BCUT2D eigenvalue weighted by atomic mass is 16.5. The van der Waals surface area contributed by atoms with E-state index in [0.29, 0.717) is 32.0 Å². The summed E-state index contributed by atoms with van der Waals surface area (Å²) in [5, 5.41) is 9.40. The fraction of sp³-hybridized carbons (Fsp3) is 0.474. The Kier molecular flexibility index (Phi) is 5.55. The van der Waals surface area contributed by atoms with E-state index in [-0.39, 0.29) is 6.04 Å². The summed E-state index contributed by atoms with van der Waals surface area (Å²) >= 11 is 0. The first kappa shape index (κ1) is 19.0. The number of ether oxygens (including phenoxy) is 2. The molecule has 1 N–H and O–H groups in total. The van der Waals surface area contributed by atoms with E-state index in [9.17, 15) is 9.90 Å². The van der Waals surface area contributed by atoms with Crippen molar-refractivity contribution in [2.24, 2.45) is 0 Å². The van der Waals surface area contributed by atoms with Crippen molar-refractivity contribution in [3.8, 4) is 11.6 Å². The Balaban J connectivity index is 1.89. The molecular weight excluding hydrogens is 348 g/mol. The van der Waals surface area contributed by atoms with E-state index >= 15 is 0 Å². The van der Waals surface area contributed by atoms with Gasteiger partial charge >= 0.3 is 6.09 Å². The maximum Gasteiger partial charge on any atom is 0.407 e. The molecule has 8 nitrogen and oxygen atoms in total. The number of methoxy groups -OCH3 is 2. The fourth-order valence-electron chi connectivity index (χ4n) is 3.63. The van der Waals surface area contributed by atoms with E-state index in [2.05, 4.69) is 26.6 Å². The van der Waals surface area contributed by atoms with E-state index in [1.165, 1.54) is 4.90 Å². The number of carbonyl (C=O) groups is 1. The maximum absolute atomic E-state index is 11.5. The number of aromatic nitrogens is 2. The zero-order chi connectivity index (χ0) is 19.6. The molecule has 3 heterocycles. The van der Waals surface area contributed by atoms with Gasteiger partial charge in [0.15, 0.2) is 0 Å². The Hall–Kier alpha value is -2.74. The van der Waals surface area contributed by atoms with E-state index in [0.717, 1.165) is 22.9 Å². The predicted octanol–water partition coefficient (Wildman–Crippen LogP) is 2.31. The SMILES string of the molecule is COCC1CN(c2cnc(-n3c(C)ccc3C)cc2OC)CCN1C(=O)O. The first-order chi connectivity index (χ1) is 13.0. The highest BCUT2D eigenvalue weighted by molar-refractivity contribution is 5.67. The van der Waals surface area contributed by atoms with Gasteiger partial charge in [0.1, 0.15) is 11.6 Å². The van der Waals surface area contributed by atoms with Crippen molar-refractivity contribution in [1.82, 2.24) is 14.5 Å². The van der Waals surface area contributed by atoms with Crippen LogP contribution < -0.4 is 9.64 Å². The first-order valence-corrected chi connectivity index (χ1v) is 8.89. The molecule has 27 heavy (non-hydrogen) atoms. The molecule has 1 aliphatic rings. The molecule has 8 heteroatoms. The Morgan fingerprint density at radius 2 is 1.96 bits per heavy atom. The van der Waals surface area contributed by atoms with Crippen LogP contribution in [0.15, 0.2) is 24.4 Å². The van der Waals surface area contributed by atoms with E-state index in [1.54, 1.807) is 20.4 Å². The van der Waals surface area contributed by atoms with Crippen LogP contribution in [0.4, 0.5) is 10.5 Å². The van der Waals surface area contributed by atoms with Crippen molar-refractivity contribution in [2.75, 3.05) is 45.4 Å². The number of nitrogens with zero attached hydrogens (tertiary/aromatic N) is 4. The Morgan fingerprint density at radius 3 is 2.56 bits per heavy atom. The lowest BCUT2D eigenvalue weighted by Crippen LogP contribution is -2.56. The molecule has 1 saturated heterocycles. The zero-order valence-electron chi connectivity index (χ0n) is 16.2. The lowest BCUT2D eigenvalue weighted by atomic mass is 10.1. The van der Waals surface area contributed by atoms with Crippen molar-refractivity contribution in [2.45, 2.75) is 19.9 Å². The molecule has 1 fully saturated rings. The largest absolute Gasteiger partial charge is 0.494 e. The van der Waals surface area contributed by atoms with Crippen LogP contribution in [0, 0.1) is 13.8 Å². The van der Waals surface area contributed by atoms with Crippen LogP contribution in [0.1, 0.15) is 11.4 Å². The molecule has 0 aromatic carbocycles. The molecule has 3 rings (SSSR count). The quantitative estimate of drug-likeness (QED) is 0.865. The van der Waals surface area contributed by atoms with Crippen LogP contribution >= 0.6 is 0 Å². The number of carboxylic acid groups (broad SMARTS) is 1. The number of rotatable bonds is 5. The molecule has 1 amide bonds. The molecule has 0 saturated carbocycles. The molecule has 0 radical (unpaired) electrons. The molecule has 2 aromatic heterocycles. The molecule has 0 spiro atoms. The number of hydrogen-bond acceptors (Lipinski definition) is 5. The summed E-state index contributed by atoms with van der Waals surface area (Å²) < 4.78 is 12.9. The number of amides is 1. The van der Waals surface area contributed by atoms with Gasteiger partial charge in [-0.2, -0.15) is 0 Å². The van der Waals surface area contributed by atoms with Crippen LogP contribution in [-0.4, -0.2) is 72.2 Å². The van der Waals surface area contributed by atoms with Gasteiger partial charge in [-0.05, 0) is 26.0 Å². The average molecular weight is 374 g/mol. The van der Waals surface area contributed by atoms with Gasteiger partial charge in [-0.15, -0.1) is 0 Å². The highest BCUT2D eigenvalue weighted by Crippen LogP contribution is 2.31. The summed E-state index contributed by atoms with van der Waals surface area (Å²) in [6, 6.07) is 5.79. The standard InChI is InChI=1S/C19H26N4O4/c1-13-5-6-14(2)23(13)18-9-17(27-4)16(10-20-18)21-7-8-22(19(24)25)15(11-21)12-26-3/h5-6,9-10,15H,7-8,11-12H2,1-4H3,(H,24,25). The van der Waals surface area contributed by atoms with Crippen LogP contribution in [0.3, 0.4) is 0 Å². The summed E-state index contributed by atoms with van der Waals surface area (Å²) in [7, 11) is 3.22. The van der Waals surface area contributed by atoms with Gasteiger partial charge < -0.3 is 24.0 Å². The van der Waals surface area contributed by atoms with Gasteiger partial charge in [0.2, 0.25) is 0 Å². The van der Waals surface area contributed by atoms with Gasteiger partial charge in [-0.25, -0.2) is 9.78 Å². The van der Waals surface area contributed by atoms with Crippen molar-refractivity contribution in [3.05, 3.63) is 35.8 Å². The van der Waals surface area contributed by atoms with Crippen LogP contribution in [0.5, 0.6) is 5.75 Å². The topological polar surface area (TPSA) is 80.1 Å². The summed E-state index contributed by atoms with van der Waals surface area (Å²) in [6.07, 6.45) is 0.878. The minimum atomic E-state index is -0.921. The van der Waals surface area contributed by atoms with Gasteiger partial charge in [-0.3, -0.25) is 4.90 Å². The molecule has 0 bridgehead atoms. The number of anilines is 1. The third-order valence-electron chi connectivity index (χ3n) is 4.98. The Labute approximate surface area is 158 Å². The minimum Gasteiger partial charge on any atom is -0.494 e. The molecule has 1 atom stereocenters. The monoisotopic (exact) mass is 374 g/mol. The summed E-state index contributed by atoms with van der Waals surface area (Å²) in [6.45, 7) is 5.93. The Bertz CT molecular complexity index is 801. The molecule has 1 aliphatic heterocycles. The lowest BCUT2D eigenvalue weighted by Gasteiger charge is -2.40. The molecule has 0 aliphatic carbocycles. The summed E-state index contributed by atoms with van der Waals surface area (Å²) in [4.78, 5) is 19.6. The first-order valence-electron chi connectivity index (χ1n) is 8.89. The number of pyridine rings is 1. The number of piperazine rings is 1. The second-order valence-electron chi connectivity index (χ2n) is 6.70. The van der Waals surface area contributed by atoms with Crippen molar-refractivity contribution < 1.29 is 19.4 Å². The zero-order valence-corrected chi connectivity index (χ0v) is 16.2. The van der Waals surface area contributed by atoms with Crippen LogP contribution in [-0.2, 0) is 4.74 Å². The summed E-state index contributed by atoms with van der Waals surface area (Å²) in [5.41, 5.74) is 3.06. The average Bonchev–Trinajstić information content (AvgIpc) is 2.99. The molecule has 1 unspecified atom stereocenters. The minimum absolute atomic E-state index is 0.237. The van der Waals surface area contributed by atoms with Gasteiger partial charge in [-0.1, -0.05) is 0 Å². The third kappa shape index (κ3) is 3.71. The van der Waals surface area contributed by atoms with Crippen LogP contribution in [0.25, 0.3) is 5.82 Å². The van der Waals surface area contributed by atoms with E-state index in [4.69, 9.17) is 9.47 Å². The number of aryl methyl sites for hydroxylation is 2. The maximum atomic E-state index is 11.5.